The molecule has 4 rings (SSSR count). The predicted molar refractivity (Wildman–Crippen MR) is 91.4 cm³/mol. The fourth-order valence-electron chi connectivity index (χ4n) is 3.55. The van der Waals surface area contributed by atoms with Crippen LogP contribution in [-0.4, -0.2) is 44.0 Å². The Morgan fingerprint density at radius 3 is 2.72 bits per heavy atom. The van der Waals surface area contributed by atoms with Gasteiger partial charge < -0.3 is 15.1 Å². The molecular weight excluding hydrogens is 343 g/mol. The second-order valence-electron chi connectivity index (χ2n) is 6.49. The molecule has 1 aliphatic heterocycles. The maximum atomic E-state index is 14.6. The molecule has 0 amide bonds. The first-order valence-electron chi connectivity index (χ1n) is 8.36. The lowest BCUT2D eigenvalue weighted by molar-refractivity contribution is -0.931. The number of likely N-dealkylation sites (tertiary alicyclic amines) is 1. The molecule has 0 saturated carbocycles. The van der Waals surface area contributed by atoms with Crippen molar-refractivity contribution in [1.82, 2.24) is 14.6 Å². The third kappa shape index (κ3) is 2.90. The molecule has 3 aromatic rings. The molecule has 0 radical (unpaired) electrons. The highest BCUT2D eigenvalue weighted by Gasteiger charge is 2.36. The van der Waals surface area contributed by atoms with Gasteiger partial charge in [0, 0.05) is 12.8 Å². The van der Waals surface area contributed by atoms with Crippen LogP contribution >= 0.6 is 11.3 Å². The average molecular weight is 363 g/mol. The number of hydrogen-bond acceptors (Lipinski definition) is 5. The van der Waals surface area contributed by atoms with Crippen LogP contribution in [0.15, 0.2) is 24.3 Å². The summed E-state index contributed by atoms with van der Waals surface area (Å²) in [6, 6.07) is 6.33. The molecule has 1 aliphatic rings. The van der Waals surface area contributed by atoms with Crippen molar-refractivity contribution in [3.8, 4) is 5.88 Å². The Bertz CT molecular complexity index is 901. The van der Waals surface area contributed by atoms with Crippen molar-refractivity contribution in [2.45, 2.75) is 31.9 Å². The summed E-state index contributed by atoms with van der Waals surface area (Å²) in [6.07, 6.45) is 1.03. The number of fused-ring (bicyclic) bond motifs is 1. The second kappa shape index (κ2) is 6.36. The number of thiazole rings is 1. The lowest BCUT2D eigenvalue weighted by Gasteiger charge is -2.33. The van der Waals surface area contributed by atoms with E-state index >= 15 is 0 Å². The van der Waals surface area contributed by atoms with Crippen LogP contribution in [-0.2, 0) is 0 Å². The molecule has 1 aromatic carbocycles. The van der Waals surface area contributed by atoms with Crippen molar-refractivity contribution in [3.05, 3.63) is 46.3 Å². The summed E-state index contributed by atoms with van der Waals surface area (Å²) in [5, 5.41) is 24.7. The van der Waals surface area contributed by atoms with Gasteiger partial charge in [0.1, 0.15) is 16.5 Å². The number of piperidine rings is 1. The van der Waals surface area contributed by atoms with E-state index in [1.54, 1.807) is 19.1 Å². The number of nitrogens with one attached hydrogen (secondary N) is 1. The van der Waals surface area contributed by atoms with Crippen molar-refractivity contribution in [1.29, 1.82) is 0 Å². The molecule has 1 fully saturated rings. The molecule has 8 heteroatoms. The minimum atomic E-state index is -0.345. The highest BCUT2D eigenvalue weighted by molar-refractivity contribution is 7.17. The van der Waals surface area contributed by atoms with Crippen molar-refractivity contribution < 1.29 is 19.5 Å². The summed E-state index contributed by atoms with van der Waals surface area (Å²) in [4.78, 5) is 6.71. The molecule has 0 bridgehead atoms. The minimum Gasteiger partial charge on any atom is -0.492 e. The van der Waals surface area contributed by atoms with Crippen LogP contribution in [0, 0.1) is 12.7 Å². The highest BCUT2D eigenvalue weighted by atomic mass is 32.1. The zero-order chi connectivity index (χ0) is 17.6. The number of aromatic hydroxyl groups is 1. The number of halogens is 1. The fourth-order valence-corrected chi connectivity index (χ4v) is 4.73. The van der Waals surface area contributed by atoms with Crippen molar-refractivity contribution in [3.63, 3.8) is 0 Å². The van der Waals surface area contributed by atoms with Crippen molar-refractivity contribution in [2.24, 2.45) is 0 Å². The molecule has 0 unspecified atom stereocenters. The first-order chi connectivity index (χ1) is 12.0. The number of aliphatic hydroxyl groups is 1. The second-order valence-corrected chi connectivity index (χ2v) is 7.50. The van der Waals surface area contributed by atoms with Gasteiger partial charge in [0.05, 0.1) is 24.8 Å². The lowest BCUT2D eigenvalue weighted by Crippen LogP contribution is -3.13. The van der Waals surface area contributed by atoms with Crippen LogP contribution < -0.4 is 4.90 Å². The van der Waals surface area contributed by atoms with Gasteiger partial charge in [-0.05, 0) is 19.1 Å². The Balaban J connectivity index is 1.83. The highest BCUT2D eigenvalue weighted by Crippen LogP contribution is 2.35. The molecule has 0 aliphatic carbocycles. The van der Waals surface area contributed by atoms with E-state index in [-0.39, 0.29) is 23.8 Å². The van der Waals surface area contributed by atoms with E-state index in [0.29, 0.717) is 47.2 Å². The molecule has 6 nitrogen and oxygen atoms in total. The summed E-state index contributed by atoms with van der Waals surface area (Å²) in [5.74, 6) is 0.317. The average Bonchev–Trinajstić information content (AvgIpc) is 3.09. The van der Waals surface area contributed by atoms with Gasteiger partial charge in [-0.1, -0.05) is 23.5 Å². The van der Waals surface area contributed by atoms with Gasteiger partial charge >= 0.3 is 0 Å². The Labute approximate surface area is 148 Å². The maximum Gasteiger partial charge on any atom is 0.235 e. The van der Waals surface area contributed by atoms with E-state index in [9.17, 15) is 14.6 Å². The van der Waals surface area contributed by atoms with Gasteiger partial charge in [-0.3, -0.25) is 0 Å². The maximum absolute atomic E-state index is 14.6. The van der Waals surface area contributed by atoms with Crippen LogP contribution in [0.25, 0.3) is 4.96 Å². The number of hydrogen-bond donors (Lipinski definition) is 3. The van der Waals surface area contributed by atoms with Crippen molar-refractivity contribution >= 4 is 16.3 Å². The number of aliphatic hydroxyl groups excluding tert-OH is 1. The standard InChI is InChI=1S/C17H19FN4O2S/c1-10-19-17-22(20-10)16(24)15(25-17)14(12-4-2-3-5-13(12)18)21-8-6-11(23)7-9-21/h2-5,11,14,23-24H,6-9H2,1H3/p+1/t14-/m0/s1. The van der Waals surface area contributed by atoms with E-state index in [1.165, 1.54) is 21.9 Å². The molecule has 25 heavy (non-hydrogen) atoms. The van der Waals surface area contributed by atoms with E-state index in [1.807, 2.05) is 6.07 Å². The first-order valence-corrected chi connectivity index (χ1v) is 9.18. The zero-order valence-corrected chi connectivity index (χ0v) is 14.6. The van der Waals surface area contributed by atoms with Gasteiger partial charge in [-0.25, -0.2) is 9.37 Å². The number of quaternary nitrogens is 1. The summed E-state index contributed by atoms with van der Waals surface area (Å²) >= 11 is 1.34. The van der Waals surface area contributed by atoms with Crippen LogP contribution in [0.1, 0.15) is 35.1 Å². The number of aryl methyl sites for hydroxylation is 1. The Kier molecular flexibility index (Phi) is 4.18. The lowest BCUT2D eigenvalue weighted by atomic mass is 9.99. The van der Waals surface area contributed by atoms with E-state index in [4.69, 9.17) is 0 Å². The molecular formula is C17H20FN4O2S+. The number of benzene rings is 1. The summed E-state index contributed by atoms with van der Waals surface area (Å²) < 4.78 is 16.0. The molecule has 2 aromatic heterocycles. The van der Waals surface area contributed by atoms with Crippen LogP contribution in [0.4, 0.5) is 4.39 Å². The Hall–Kier alpha value is -2.03. The third-order valence-electron chi connectivity index (χ3n) is 4.79. The van der Waals surface area contributed by atoms with Crippen LogP contribution in [0.2, 0.25) is 0 Å². The van der Waals surface area contributed by atoms with Crippen molar-refractivity contribution in [2.75, 3.05) is 13.1 Å². The topological polar surface area (TPSA) is 75.1 Å². The van der Waals surface area contributed by atoms with E-state index in [2.05, 4.69) is 10.1 Å². The first kappa shape index (κ1) is 16.4. The Morgan fingerprint density at radius 1 is 1.32 bits per heavy atom. The number of rotatable bonds is 3. The smallest absolute Gasteiger partial charge is 0.235 e. The molecule has 3 N–H and O–H groups in total. The van der Waals surface area contributed by atoms with E-state index < -0.39 is 0 Å². The van der Waals surface area contributed by atoms with Gasteiger partial charge in [-0.2, -0.15) is 4.52 Å². The van der Waals surface area contributed by atoms with E-state index in [0.717, 1.165) is 4.90 Å². The molecule has 1 atom stereocenters. The fraction of sp³-hybridized carbons (Fsp3) is 0.412. The number of aromatic nitrogens is 3. The SMILES string of the molecule is Cc1nc2sc([C@H](c3ccccc3F)[NH+]3CCC(O)CC3)c(O)n2n1. The molecule has 1 saturated heterocycles. The molecule has 0 spiro atoms. The monoisotopic (exact) mass is 363 g/mol. The molecule has 3 heterocycles. The number of nitrogens with zero attached hydrogens (tertiary/aromatic N) is 3. The van der Waals surface area contributed by atoms with Gasteiger partial charge in [0.2, 0.25) is 10.8 Å². The quantitative estimate of drug-likeness (QED) is 0.651. The van der Waals surface area contributed by atoms with Gasteiger partial charge in [-0.15, -0.1) is 5.10 Å². The minimum absolute atomic E-state index is 0.0208. The summed E-state index contributed by atoms with van der Waals surface area (Å²) in [6.45, 7) is 3.20. The van der Waals surface area contributed by atoms with Crippen LogP contribution in [0.3, 0.4) is 0 Å². The summed E-state index contributed by atoms with van der Waals surface area (Å²) in [5.41, 5.74) is 0.547. The largest absolute Gasteiger partial charge is 0.492 e. The third-order valence-corrected chi connectivity index (χ3v) is 5.87. The zero-order valence-electron chi connectivity index (χ0n) is 13.8. The Morgan fingerprint density at radius 2 is 2.04 bits per heavy atom. The predicted octanol–water partition coefficient (Wildman–Crippen LogP) is 1.07. The van der Waals surface area contributed by atoms with Gasteiger partial charge in [0.25, 0.3) is 0 Å². The van der Waals surface area contributed by atoms with Gasteiger partial charge in [0.15, 0.2) is 6.04 Å². The normalized spacial score (nSPS) is 22.4. The molecule has 132 valence electrons. The summed E-state index contributed by atoms with van der Waals surface area (Å²) in [7, 11) is 0. The van der Waals surface area contributed by atoms with Crippen LogP contribution in [0.5, 0.6) is 5.88 Å².